The Morgan fingerprint density at radius 2 is 2.29 bits per heavy atom. The van der Waals surface area contributed by atoms with E-state index in [1.807, 2.05) is 12.4 Å². The summed E-state index contributed by atoms with van der Waals surface area (Å²) >= 11 is 2.13. The number of nitrogens with one attached hydrogen (secondary N) is 1. The number of nitrogens with zero attached hydrogens (tertiary/aromatic N) is 1. The Labute approximate surface area is 131 Å². The summed E-state index contributed by atoms with van der Waals surface area (Å²) in [4.78, 5) is 4.26. The second kappa shape index (κ2) is 6.37. The van der Waals surface area contributed by atoms with Crippen molar-refractivity contribution in [2.75, 3.05) is 12.3 Å². The van der Waals surface area contributed by atoms with E-state index >= 15 is 0 Å². The summed E-state index contributed by atoms with van der Waals surface area (Å²) in [6, 6.07) is 9.19. The van der Waals surface area contributed by atoms with E-state index in [9.17, 15) is 0 Å². The van der Waals surface area contributed by atoms with E-state index in [2.05, 4.69) is 60.2 Å². The molecule has 1 fully saturated rings. The van der Waals surface area contributed by atoms with Crippen molar-refractivity contribution >= 4 is 22.5 Å². The molecular weight excluding hydrogens is 276 g/mol. The van der Waals surface area contributed by atoms with Gasteiger partial charge in [0.05, 0.1) is 0 Å². The molecule has 0 amide bonds. The normalized spacial score (nSPS) is 23.5. The summed E-state index contributed by atoms with van der Waals surface area (Å²) in [5.74, 6) is 1.28. The molecule has 3 heteroatoms. The van der Waals surface area contributed by atoms with Crippen LogP contribution >= 0.6 is 11.8 Å². The number of pyridine rings is 1. The van der Waals surface area contributed by atoms with E-state index in [-0.39, 0.29) is 0 Å². The summed E-state index contributed by atoms with van der Waals surface area (Å²) in [5.41, 5.74) is 1.43. The van der Waals surface area contributed by atoms with Gasteiger partial charge in [-0.1, -0.05) is 25.1 Å². The minimum Gasteiger partial charge on any atom is -0.309 e. The van der Waals surface area contributed by atoms with Gasteiger partial charge in [-0.3, -0.25) is 4.98 Å². The van der Waals surface area contributed by atoms with E-state index in [1.54, 1.807) is 0 Å². The fourth-order valence-electron chi connectivity index (χ4n) is 3.37. The minimum atomic E-state index is 0.298. The van der Waals surface area contributed by atoms with Crippen LogP contribution in [0.4, 0.5) is 0 Å². The van der Waals surface area contributed by atoms with Gasteiger partial charge in [0.25, 0.3) is 0 Å². The molecule has 2 heterocycles. The molecule has 2 atom stereocenters. The standard InChI is InChI=1S/C18H24N2S/c1-3-10-20-17(18(2)9-5-12-21-18)16-7-4-6-14-13-19-11-8-15(14)16/h4,6-8,11,13,17,20H,3,5,9-10,12H2,1-2H3. The number of hydrogen-bond donors (Lipinski definition) is 1. The van der Waals surface area contributed by atoms with Gasteiger partial charge in [0.15, 0.2) is 0 Å². The Bertz CT molecular complexity index is 600. The molecule has 0 saturated carbocycles. The lowest BCUT2D eigenvalue weighted by molar-refractivity contribution is 0.415. The molecule has 2 aromatic rings. The first-order valence-corrected chi connectivity index (χ1v) is 8.93. The predicted molar refractivity (Wildman–Crippen MR) is 92.9 cm³/mol. The molecule has 0 bridgehead atoms. The summed E-state index contributed by atoms with van der Waals surface area (Å²) in [7, 11) is 0. The SMILES string of the molecule is CCCNC(c1cccc2cnccc12)C1(C)CCCS1. The van der Waals surface area contributed by atoms with Crippen LogP contribution in [0, 0.1) is 0 Å². The number of rotatable bonds is 5. The number of hydrogen-bond acceptors (Lipinski definition) is 3. The lowest BCUT2D eigenvalue weighted by Crippen LogP contribution is -2.38. The molecule has 2 unspecified atom stereocenters. The zero-order valence-electron chi connectivity index (χ0n) is 12.9. The zero-order chi connectivity index (χ0) is 14.7. The Morgan fingerprint density at radius 1 is 1.38 bits per heavy atom. The molecule has 0 radical (unpaired) electrons. The minimum absolute atomic E-state index is 0.298. The fourth-order valence-corrected chi connectivity index (χ4v) is 4.79. The van der Waals surface area contributed by atoms with Gasteiger partial charge in [-0.2, -0.15) is 11.8 Å². The van der Waals surface area contributed by atoms with E-state index < -0.39 is 0 Å². The Morgan fingerprint density at radius 3 is 3.05 bits per heavy atom. The first kappa shape index (κ1) is 14.9. The van der Waals surface area contributed by atoms with Crippen molar-refractivity contribution < 1.29 is 0 Å². The van der Waals surface area contributed by atoms with Gasteiger partial charge in [-0.25, -0.2) is 0 Å². The van der Waals surface area contributed by atoms with Gasteiger partial charge in [0.1, 0.15) is 0 Å². The third-order valence-electron chi connectivity index (χ3n) is 4.48. The number of fused-ring (bicyclic) bond motifs is 1. The van der Waals surface area contributed by atoms with Crippen LogP contribution in [0.5, 0.6) is 0 Å². The van der Waals surface area contributed by atoms with Crippen LogP contribution < -0.4 is 5.32 Å². The largest absolute Gasteiger partial charge is 0.309 e. The number of thioether (sulfide) groups is 1. The molecule has 1 aliphatic heterocycles. The van der Waals surface area contributed by atoms with Crippen molar-refractivity contribution in [3.8, 4) is 0 Å². The van der Waals surface area contributed by atoms with E-state index in [0.29, 0.717) is 10.8 Å². The average Bonchev–Trinajstić information content (AvgIpc) is 2.95. The molecule has 0 aliphatic carbocycles. The van der Waals surface area contributed by atoms with Gasteiger partial charge >= 0.3 is 0 Å². The lowest BCUT2D eigenvalue weighted by Gasteiger charge is -2.35. The maximum absolute atomic E-state index is 4.26. The lowest BCUT2D eigenvalue weighted by atomic mass is 9.87. The molecular formula is C18H24N2S. The van der Waals surface area contributed by atoms with E-state index in [4.69, 9.17) is 0 Å². The molecule has 3 rings (SSSR count). The molecule has 112 valence electrons. The molecule has 1 aromatic carbocycles. The molecule has 21 heavy (non-hydrogen) atoms. The molecule has 0 spiro atoms. The van der Waals surface area contributed by atoms with Crippen molar-refractivity contribution in [2.45, 2.75) is 43.9 Å². The topological polar surface area (TPSA) is 24.9 Å². The van der Waals surface area contributed by atoms with Crippen molar-refractivity contribution in [1.82, 2.24) is 10.3 Å². The summed E-state index contributed by atoms with van der Waals surface area (Å²) in [5, 5.41) is 6.40. The van der Waals surface area contributed by atoms with E-state index in [1.165, 1.54) is 41.4 Å². The second-order valence-corrected chi connectivity index (χ2v) is 7.73. The maximum Gasteiger partial charge on any atom is 0.0472 e. The number of benzene rings is 1. The van der Waals surface area contributed by atoms with Gasteiger partial charge in [0, 0.05) is 28.6 Å². The van der Waals surface area contributed by atoms with Crippen LogP contribution in [-0.2, 0) is 0 Å². The van der Waals surface area contributed by atoms with Crippen molar-refractivity contribution in [2.24, 2.45) is 0 Å². The first-order valence-electron chi connectivity index (χ1n) is 7.94. The third-order valence-corrected chi connectivity index (χ3v) is 6.08. The van der Waals surface area contributed by atoms with Crippen molar-refractivity contribution in [3.05, 3.63) is 42.2 Å². The average molecular weight is 300 g/mol. The summed E-state index contributed by atoms with van der Waals surface area (Å²) < 4.78 is 0.298. The highest BCUT2D eigenvalue weighted by Crippen LogP contribution is 2.47. The van der Waals surface area contributed by atoms with Crippen LogP contribution in [0.2, 0.25) is 0 Å². The van der Waals surface area contributed by atoms with Crippen molar-refractivity contribution in [1.29, 1.82) is 0 Å². The zero-order valence-corrected chi connectivity index (χ0v) is 13.7. The highest BCUT2D eigenvalue weighted by atomic mass is 32.2. The van der Waals surface area contributed by atoms with Gasteiger partial charge in [-0.05, 0) is 55.5 Å². The molecule has 1 N–H and O–H groups in total. The number of aromatic nitrogens is 1. The summed E-state index contributed by atoms with van der Waals surface area (Å²) in [6.45, 7) is 5.74. The van der Waals surface area contributed by atoms with Crippen LogP contribution in [0.25, 0.3) is 10.8 Å². The predicted octanol–water partition coefficient (Wildman–Crippen LogP) is 4.56. The second-order valence-electron chi connectivity index (χ2n) is 6.10. The van der Waals surface area contributed by atoms with Gasteiger partial charge in [0.2, 0.25) is 0 Å². The first-order chi connectivity index (χ1) is 10.2. The Balaban J connectivity index is 2.05. The quantitative estimate of drug-likeness (QED) is 0.876. The van der Waals surface area contributed by atoms with E-state index in [0.717, 1.165) is 6.54 Å². The molecule has 1 aliphatic rings. The van der Waals surface area contributed by atoms with Crippen LogP contribution in [0.15, 0.2) is 36.7 Å². The Kier molecular flexibility index (Phi) is 4.51. The third kappa shape index (κ3) is 2.95. The highest BCUT2D eigenvalue weighted by Gasteiger charge is 2.38. The summed E-state index contributed by atoms with van der Waals surface area (Å²) in [6.07, 6.45) is 7.68. The molecule has 2 nitrogen and oxygen atoms in total. The Hall–Kier alpha value is -1.06. The monoisotopic (exact) mass is 300 g/mol. The van der Waals surface area contributed by atoms with Crippen LogP contribution in [0.1, 0.15) is 44.7 Å². The highest BCUT2D eigenvalue weighted by molar-refractivity contribution is 8.00. The van der Waals surface area contributed by atoms with Gasteiger partial charge in [-0.15, -0.1) is 0 Å². The molecule has 1 saturated heterocycles. The fraction of sp³-hybridized carbons (Fsp3) is 0.500. The molecule has 1 aromatic heterocycles. The van der Waals surface area contributed by atoms with Gasteiger partial charge < -0.3 is 5.32 Å². The maximum atomic E-state index is 4.26. The smallest absolute Gasteiger partial charge is 0.0472 e. The van der Waals surface area contributed by atoms with Crippen molar-refractivity contribution in [3.63, 3.8) is 0 Å². The van der Waals surface area contributed by atoms with Crippen LogP contribution in [0.3, 0.4) is 0 Å². The van der Waals surface area contributed by atoms with Crippen LogP contribution in [-0.4, -0.2) is 22.0 Å².